The van der Waals surface area contributed by atoms with Crippen LogP contribution in [0, 0.1) is 5.92 Å². The maximum Gasteiger partial charge on any atom is 0.282 e. The van der Waals surface area contributed by atoms with Gasteiger partial charge in [-0.25, -0.2) is 0 Å². The van der Waals surface area contributed by atoms with Crippen LogP contribution in [0.5, 0.6) is 0 Å². The second-order valence-corrected chi connectivity index (χ2v) is 7.36. The average Bonchev–Trinajstić information content (AvgIpc) is 2.36. The minimum absolute atomic E-state index is 0.0177. The monoisotopic (exact) mass is 291 g/mol. The van der Waals surface area contributed by atoms with Gasteiger partial charge >= 0.3 is 0 Å². The summed E-state index contributed by atoms with van der Waals surface area (Å²) < 4.78 is 28.5. The molecule has 1 aliphatic rings. The van der Waals surface area contributed by atoms with E-state index in [9.17, 15) is 8.42 Å². The van der Waals surface area contributed by atoms with Gasteiger partial charge in [0, 0.05) is 25.7 Å². The zero-order valence-corrected chi connectivity index (χ0v) is 13.5. The van der Waals surface area contributed by atoms with Crippen LogP contribution in [0.3, 0.4) is 0 Å². The largest absolute Gasteiger partial charge is 0.317 e. The molecule has 1 atom stereocenters. The van der Waals surface area contributed by atoms with E-state index in [0.29, 0.717) is 25.6 Å². The molecular formula is C13H29N3O2S. The molecule has 0 amide bonds. The molecule has 0 spiro atoms. The van der Waals surface area contributed by atoms with E-state index < -0.39 is 10.2 Å². The summed E-state index contributed by atoms with van der Waals surface area (Å²) in [5.74, 6) is 0.439. The number of hydrogen-bond donors (Lipinski definition) is 1. The fourth-order valence-electron chi connectivity index (χ4n) is 2.69. The topological polar surface area (TPSA) is 52.7 Å². The third-order valence-corrected chi connectivity index (χ3v) is 5.93. The van der Waals surface area contributed by atoms with Gasteiger partial charge in [0.15, 0.2) is 0 Å². The molecule has 1 saturated heterocycles. The second kappa shape index (κ2) is 7.57. The molecule has 1 fully saturated rings. The molecule has 0 bridgehead atoms. The first-order valence-electron chi connectivity index (χ1n) is 7.41. The molecule has 1 heterocycles. The van der Waals surface area contributed by atoms with Gasteiger partial charge in [-0.3, -0.25) is 0 Å². The van der Waals surface area contributed by atoms with Crippen molar-refractivity contribution in [2.24, 2.45) is 5.92 Å². The summed E-state index contributed by atoms with van der Waals surface area (Å²) in [4.78, 5) is 0. The van der Waals surface area contributed by atoms with E-state index in [1.807, 2.05) is 20.8 Å². The molecule has 114 valence electrons. The summed E-state index contributed by atoms with van der Waals surface area (Å²) in [6.07, 6.45) is 2.08. The van der Waals surface area contributed by atoms with E-state index in [-0.39, 0.29) is 6.04 Å². The Balaban J connectivity index is 2.72. The normalized spacial score (nSPS) is 22.3. The fourth-order valence-corrected chi connectivity index (χ4v) is 4.61. The Hall–Kier alpha value is -0.170. The summed E-state index contributed by atoms with van der Waals surface area (Å²) in [5.41, 5.74) is 0. The van der Waals surface area contributed by atoms with Crippen LogP contribution in [-0.4, -0.2) is 55.8 Å². The van der Waals surface area contributed by atoms with Crippen molar-refractivity contribution in [1.29, 1.82) is 0 Å². The molecule has 1 unspecified atom stereocenters. The quantitative estimate of drug-likeness (QED) is 0.769. The van der Waals surface area contributed by atoms with Crippen LogP contribution in [0.25, 0.3) is 0 Å². The Kier molecular flexibility index (Phi) is 6.73. The molecular weight excluding hydrogens is 262 g/mol. The predicted octanol–water partition coefficient (Wildman–Crippen LogP) is 1.28. The molecule has 1 rings (SSSR count). The third kappa shape index (κ3) is 4.41. The maximum atomic E-state index is 12.6. The Morgan fingerprint density at radius 1 is 1.37 bits per heavy atom. The lowest BCUT2D eigenvalue weighted by molar-refractivity contribution is 0.236. The van der Waals surface area contributed by atoms with Crippen LogP contribution in [-0.2, 0) is 10.2 Å². The highest BCUT2D eigenvalue weighted by Crippen LogP contribution is 2.21. The van der Waals surface area contributed by atoms with Gasteiger partial charge in [-0.1, -0.05) is 13.8 Å². The summed E-state index contributed by atoms with van der Waals surface area (Å²) in [7, 11) is -3.29. The van der Waals surface area contributed by atoms with E-state index in [1.165, 1.54) is 0 Å². The van der Waals surface area contributed by atoms with Gasteiger partial charge in [0.1, 0.15) is 0 Å². The van der Waals surface area contributed by atoms with Crippen molar-refractivity contribution in [3.05, 3.63) is 0 Å². The van der Waals surface area contributed by atoms with Crippen molar-refractivity contribution in [3.63, 3.8) is 0 Å². The number of piperidine rings is 1. The third-order valence-electron chi connectivity index (χ3n) is 3.68. The van der Waals surface area contributed by atoms with Gasteiger partial charge in [-0.05, 0) is 45.7 Å². The first kappa shape index (κ1) is 16.9. The van der Waals surface area contributed by atoms with Gasteiger partial charge in [0.05, 0.1) is 0 Å². The van der Waals surface area contributed by atoms with Gasteiger partial charge in [0.25, 0.3) is 10.2 Å². The lowest BCUT2D eigenvalue weighted by Gasteiger charge is -2.36. The van der Waals surface area contributed by atoms with Crippen LogP contribution in [0.1, 0.15) is 40.5 Å². The summed E-state index contributed by atoms with van der Waals surface area (Å²) >= 11 is 0. The number of rotatable bonds is 7. The van der Waals surface area contributed by atoms with E-state index in [0.717, 1.165) is 25.9 Å². The standard InChI is InChI=1S/C13H29N3O2S/c1-5-14-10-13-8-7-9-15(11-13)19(17,18)16(6-2)12(3)4/h12-14H,5-11H2,1-4H3. The smallest absolute Gasteiger partial charge is 0.282 e. The number of hydrogen-bond acceptors (Lipinski definition) is 3. The first-order valence-corrected chi connectivity index (χ1v) is 8.80. The highest BCUT2D eigenvalue weighted by atomic mass is 32.2. The molecule has 1 aliphatic heterocycles. The van der Waals surface area contributed by atoms with Crippen LogP contribution < -0.4 is 5.32 Å². The second-order valence-electron chi connectivity index (χ2n) is 5.48. The van der Waals surface area contributed by atoms with Gasteiger partial charge in [-0.2, -0.15) is 17.0 Å². The van der Waals surface area contributed by atoms with E-state index in [4.69, 9.17) is 0 Å². The predicted molar refractivity (Wildman–Crippen MR) is 79.3 cm³/mol. The van der Waals surface area contributed by atoms with Crippen LogP contribution in [0.2, 0.25) is 0 Å². The van der Waals surface area contributed by atoms with E-state index in [1.54, 1.807) is 8.61 Å². The van der Waals surface area contributed by atoms with Crippen molar-refractivity contribution >= 4 is 10.2 Å². The van der Waals surface area contributed by atoms with E-state index >= 15 is 0 Å². The summed E-state index contributed by atoms with van der Waals surface area (Å²) in [6, 6.07) is 0.0177. The Morgan fingerprint density at radius 2 is 2.05 bits per heavy atom. The lowest BCUT2D eigenvalue weighted by atomic mass is 10.00. The molecule has 0 aliphatic carbocycles. The van der Waals surface area contributed by atoms with Crippen LogP contribution >= 0.6 is 0 Å². The molecule has 0 aromatic heterocycles. The van der Waals surface area contributed by atoms with E-state index in [2.05, 4.69) is 12.2 Å². The molecule has 0 aromatic carbocycles. The highest BCUT2D eigenvalue weighted by Gasteiger charge is 2.33. The molecule has 5 nitrogen and oxygen atoms in total. The van der Waals surface area contributed by atoms with Gasteiger partial charge in [0.2, 0.25) is 0 Å². The highest BCUT2D eigenvalue weighted by molar-refractivity contribution is 7.86. The Bertz CT molecular complexity index is 357. The zero-order valence-electron chi connectivity index (χ0n) is 12.7. The zero-order chi connectivity index (χ0) is 14.5. The summed E-state index contributed by atoms with van der Waals surface area (Å²) in [6.45, 7) is 11.5. The molecule has 0 saturated carbocycles. The number of nitrogens with zero attached hydrogens (tertiary/aromatic N) is 2. The Morgan fingerprint density at radius 3 is 2.58 bits per heavy atom. The minimum atomic E-state index is -3.29. The molecule has 1 N–H and O–H groups in total. The van der Waals surface area contributed by atoms with Gasteiger partial charge < -0.3 is 5.32 Å². The van der Waals surface area contributed by atoms with Crippen molar-refractivity contribution in [2.45, 2.75) is 46.6 Å². The first-order chi connectivity index (χ1) is 8.93. The van der Waals surface area contributed by atoms with Crippen LogP contribution in [0.4, 0.5) is 0 Å². The fraction of sp³-hybridized carbons (Fsp3) is 1.00. The molecule has 6 heteroatoms. The SMILES string of the molecule is CCNCC1CCCN(S(=O)(=O)N(CC)C(C)C)C1. The van der Waals surface area contributed by atoms with Gasteiger partial charge in [-0.15, -0.1) is 0 Å². The van der Waals surface area contributed by atoms with Crippen molar-refractivity contribution in [1.82, 2.24) is 13.9 Å². The Labute approximate surface area is 118 Å². The average molecular weight is 291 g/mol. The summed E-state index contributed by atoms with van der Waals surface area (Å²) in [5, 5.41) is 3.32. The van der Waals surface area contributed by atoms with Crippen molar-refractivity contribution < 1.29 is 8.42 Å². The molecule has 0 aromatic rings. The molecule has 0 radical (unpaired) electrons. The number of nitrogens with one attached hydrogen (secondary N) is 1. The maximum absolute atomic E-state index is 12.6. The molecule has 19 heavy (non-hydrogen) atoms. The van der Waals surface area contributed by atoms with Crippen LogP contribution in [0.15, 0.2) is 0 Å². The lowest BCUT2D eigenvalue weighted by Crippen LogP contribution is -2.51. The minimum Gasteiger partial charge on any atom is -0.317 e. The van der Waals surface area contributed by atoms with Crippen molar-refractivity contribution in [2.75, 3.05) is 32.7 Å². The van der Waals surface area contributed by atoms with Crippen molar-refractivity contribution in [3.8, 4) is 0 Å².